The molecule has 0 bridgehead atoms. The number of carbonyl (C=O) groups is 1. The number of fused-ring (bicyclic) bond motifs is 1. The fourth-order valence-corrected chi connectivity index (χ4v) is 2.51. The highest BCUT2D eigenvalue weighted by molar-refractivity contribution is 5.95. The van der Waals surface area contributed by atoms with E-state index < -0.39 is 6.10 Å². The summed E-state index contributed by atoms with van der Waals surface area (Å²) < 4.78 is 16.0. The van der Waals surface area contributed by atoms with Crippen LogP contribution in [-0.2, 0) is 4.74 Å². The molecule has 1 aliphatic rings. The number of benzene rings is 2. The number of aryl methyl sites for hydroxylation is 1. The monoisotopic (exact) mass is 284 g/mol. The number of rotatable bonds is 3. The summed E-state index contributed by atoms with van der Waals surface area (Å²) in [6.45, 7) is 2.02. The average molecular weight is 284 g/mol. The fraction of sp³-hybridized carbons (Fsp3) is 0.235. The molecule has 0 amide bonds. The van der Waals surface area contributed by atoms with E-state index in [4.69, 9.17) is 14.2 Å². The van der Waals surface area contributed by atoms with Crippen molar-refractivity contribution >= 4 is 5.97 Å². The maximum atomic E-state index is 12.1. The van der Waals surface area contributed by atoms with E-state index in [1.54, 1.807) is 20.3 Å². The van der Waals surface area contributed by atoms with Crippen molar-refractivity contribution < 1.29 is 19.0 Å². The molecule has 0 aromatic heterocycles. The van der Waals surface area contributed by atoms with Gasteiger partial charge in [-0.1, -0.05) is 29.8 Å². The lowest BCUT2D eigenvalue weighted by Crippen LogP contribution is -2.00. The second-order valence-corrected chi connectivity index (χ2v) is 4.99. The van der Waals surface area contributed by atoms with E-state index >= 15 is 0 Å². The van der Waals surface area contributed by atoms with Crippen LogP contribution >= 0.6 is 0 Å². The lowest BCUT2D eigenvalue weighted by molar-refractivity contribution is 0.0455. The number of hydrogen-bond acceptors (Lipinski definition) is 4. The lowest BCUT2D eigenvalue weighted by atomic mass is 9.98. The van der Waals surface area contributed by atoms with E-state index in [9.17, 15) is 4.79 Å². The van der Waals surface area contributed by atoms with Gasteiger partial charge in [0.15, 0.2) is 17.6 Å². The van der Waals surface area contributed by atoms with E-state index in [0.717, 1.165) is 16.7 Å². The largest absolute Gasteiger partial charge is 0.493 e. The van der Waals surface area contributed by atoms with Crippen molar-refractivity contribution in [2.45, 2.75) is 13.0 Å². The van der Waals surface area contributed by atoms with Crippen molar-refractivity contribution in [3.63, 3.8) is 0 Å². The third-order valence-corrected chi connectivity index (χ3v) is 3.66. The Kier molecular flexibility index (Phi) is 3.29. The van der Waals surface area contributed by atoms with Crippen LogP contribution in [0.2, 0.25) is 0 Å². The third kappa shape index (κ3) is 2.23. The number of carbonyl (C=O) groups excluding carboxylic acids is 1. The molecule has 4 nitrogen and oxygen atoms in total. The van der Waals surface area contributed by atoms with Gasteiger partial charge in [-0.25, -0.2) is 4.79 Å². The number of ether oxygens (including phenoxy) is 3. The highest BCUT2D eigenvalue weighted by Gasteiger charge is 2.33. The minimum atomic E-state index is -0.395. The molecule has 1 atom stereocenters. The second-order valence-electron chi connectivity index (χ2n) is 4.99. The second kappa shape index (κ2) is 5.13. The quantitative estimate of drug-likeness (QED) is 0.811. The van der Waals surface area contributed by atoms with Gasteiger partial charge in [0.25, 0.3) is 0 Å². The summed E-state index contributed by atoms with van der Waals surface area (Å²) in [6, 6.07) is 11.4. The molecule has 0 radical (unpaired) electrons. The minimum Gasteiger partial charge on any atom is -0.493 e. The van der Waals surface area contributed by atoms with Crippen molar-refractivity contribution in [3.05, 3.63) is 58.7 Å². The van der Waals surface area contributed by atoms with Crippen LogP contribution in [0.15, 0.2) is 36.4 Å². The molecule has 1 heterocycles. The molecule has 0 spiro atoms. The van der Waals surface area contributed by atoms with E-state index in [1.165, 1.54) is 0 Å². The lowest BCUT2D eigenvalue weighted by Gasteiger charge is -2.13. The molecule has 0 aliphatic carbocycles. The predicted octanol–water partition coefficient (Wildman–Crippen LogP) is 3.27. The number of hydrogen-bond donors (Lipinski definition) is 0. The zero-order chi connectivity index (χ0) is 15.0. The van der Waals surface area contributed by atoms with Crippen LogP contribution in [0.3, 0.4) is 0 Å². The van der Waals surface area contributed by atoms with Gasteiger partial charge in [-0.05, 0) is 24.6 Å². The molecule has 1 aliphatic heterocycles. The Morgan fingerprint density at radius 1 is 1.00 bits per heavy atom. The van der Waals surface area contributed by atoms with E-state index in [1.807, 2.05) is 37.3 Å². The standard InChI is InChI=1S/C17H16O4/c1-10-4-6-11(7-5-10)16-12-8-14(19-2)15(20-3)9-13(12)17(18)21-16/h4-9,16H,1-3H3/t16-/m0/s1. The molecule has 2 aromatic carbocycles. The smallest absolute Gasteiger partial charge is 0.339 e. The van der Waals surface area contributed by atoms with Crippen LogP contribution in [0, 0.1) is 6.92 Å². The average Bonchev–Trinajstić information content (AvgIpc) is 2.83. The van der Waals surface area contributed by atoms with Gasteiger partial charge in [-0.2, -0.15) is 0 Å². The van der Waals surface area contributed by atoms with E-state index in [0.29, 0.717) is 17.1 Å². The molecule has 2 aromatic rings. The molecular formula is C17H16O4. The predicted molar refractivity (Wildman–Crippen MR) is 78.0 cm³/mol. The zero-order valence-electron chi connectivity index (χ0n) is 12.2. The third-order valence-electron chi connectivity index (χ3n) is 3.66. The fourth-order valence-electron chi connectivity index (χ4n) is 2.51. The van der Waals surface area contributed by atoms with E-state index in [-0.39, 0.29) is 5.97 Å². The summed E-state index contributed by atoms with van der Waals surface area (Å²) in [6.07, 6.45) is -0.395. The summed E-state index contributed by atoms with van der Waals surface area (Å²) in [7, 11) is 3.12. The molecular weight excluding hydrogens is 268 g/mol. The first-order valence-corrected chi connectivity index (χ1v) is 6.67. The first-order valence-electron chi connectivity index (χ1n) is 6.67. The van der Waals surface area contributed by atoms with Gasteiger partial charge in [0.05, 0.1) is 19.8 Å². The molecule has 4 heteroatoms. The first-order chi connectivity index (χ1) is 10.1. The SMILES string of the molecule is COc1cc2c(cc1OC)[C@H](c1ccc(C)cc1)OC2=O. The van der Waals surface area contributed by atoms with Crippen LogP contribution in [-0.4, -0.2) is 20.2 Å². The van der Waals surface area contributed by atoms with Gasteiger partial charge < -0.3 is 14.2 Å². The maximum absolute atomic E-state index is 12.1. The van der Waals surface area contributed by atoms with Crippen molar-refractivity contribution in [2.24, 2.45) is 0 Å². The maximum Gasteiger partial charge on any atom is 0.339 e. The van der Waals surface area contributed by atoms with Gasteiger partial charge in [0, 0.05) is 5.56 Å². The van der Waals surface area contributed by atoms with Crippen molar-refractivity contribution in [1.29, 1.82) is 0 Å². The number of cyclic esters (lactones) is 1. The van der Waals surface area contributed by atoms with Crippen LogP contribution < -0.4 is 9.47 Å². The van der Waals surface area contributed by atoms with Crippen LogP contribution in [0.4, 0.5) is 0 Å². The number of esters is 1. The molecule has 3 rings (SSSR count). The van der Waals surface area contributed by atoms with Crippen LogP contribution in [0.5, 0.6) is 11.5 Å². The van der Waals surface area contributed by atoms with Gasteiger partial charge in [-0.3, -0.25) is 0 Å². The summed E-state index contributed by atoms with van der Waals surface area (Å²) in [5.41, 5.74) is 3.44. The molecule has 0 fully saturated rings. The first kappa shape index (κ1) is 13.5. The Morgan fingerprint density at radius 2 is 1.62 bits per heavy atom. The van der Waals surface area contributed by atoms with Crippen molar-refractivity contribution in [1.82, 2.24) is 0 Å². The molecule has 0 saturated heterocycles. The number of methoxy groups -OCH3 is 2. The molecule has 0 saturated carbocycles. The topological polar surface area (TPSA) is 44.8 Å². The summed E-state index contributed by atoms with van der Waals surface area (Å²) in [5.74, 6) is 0.779. The molecule has 21 heavy (non-hydrogen) atoms. The summed E-state index contributed by atoms with van der Waals surface area (Å²) in [4.78, 5) is 12.1. The van der Waals surface area contributed by atoms with Gasteiger partial charge in [-0.15, -0.1) is 0 Å². The van der Waals surface area contributed by atoms with E-state index in [2.05, 4.69) is 0 Å². The Bertz CT molecular complexity index is 689. The Hall–Kier alpha value is -2.49. The normalized spacial score (nSPS) is 16.3. The Morgan fingerprint density at radius 3 is 2.24 bits per heavy atom. The summed E-state index contributed by atoms with van der Waals surface area (Å²) in [5, 5.41) is 0. The van der Waals surface area contributed by atoms with Crippen molar-refractivity contribution in [3.8, 4) is 11.5 Å². The van der Waals surface area contributed by atoms with Gasteiger partial charge in [0.1, 0.15) is 0 Å². The minimum absolute atomic E-state index is 0.337. The van der Waals surface area contributed by atoms with Crippen molar-refractivity contribution in [2.75, 3.05) is 14.2 Å². The Labute approximate surface area is 123 Å². The zero-order valence-corrected chi connectivity index (χ0v) is 12.2. The highest BCUT2D eigenvalue weighted by atomic mass is 16.5. The highest BCUT2D eigenvalue weighted by Crippen LogP contribution is 2.41. The molecule has 0 N–H and O–H groups in total. The van der Waals surface area contributed by atoms with Gasteiger partial charge in [0.2, 0.25) is 0 Å². The Balaban J connectivity index is 2.10. The van der Waals surface area contributed by atoms with Crippen LogP contribution in [0.25, 0.3) is 0 Å². The van der Waals surface area contributed by atoms with Gasteiger partial charge >= 0.3 is 5.97 Å². The summed E-state index contributed by atoms with van der Waals surface area (Å²) >= 11 is 0. The molecule has 0 unspecified atom stereocenters. The van der Waals surface area contributed by atoms with Crippen LogP contribution in [0.1, 0.15) is 33.2 Å². The molecule has 108 valence electrons.